The summed E-state index contributed by atoms with van der Waals surface area (Å²) >= 11 is 0. The molecule has 2 fully saturated rings. The predicted molar refractivity (Wildman–Crippen MR) is 109 cm³/mol. The molecule has 0 atom stereocenters. The Morgan fingerprint density at radius 1 is 1.14 bits per heavy atom. The zero-order valence-electron chi connectivity index (χ0n) is 17.1. The summed E-state index contributed by atoms with van der Waals surface area (Å²) in [5.41, 5.74) is 2.69. The number of benzene rings is 1. The molecule has 2 aliphatic rings. The van der Waals surface area contributed by atoms with Gasteiger partial charge >= 0.3 is 5.97 Å². The van der Waals surface area contributed by atoms with Crippen LogP contribution in [0.4, 0.5) is 0 Å². The average molecular weight is 396 g/mol. The van der Waals surface area contributed by atoms with Crippen molar-refractivity contribution in [3.05, 3.63) is 47.3 Å². The molecule has 2 heterocycles. The zero-order valence-corrected chi connectivity index (χ0v) is 17.1. The Balaban J connectivity index is 1.53. The third kappa shape index (κ3) is 4.05. The highest BCUT2D eigenvalue weighted by molar-refractivity contribution is 5.95. The molecule has 0 spiro atoms. The molecule has 1 aromatic heterocycles. The van der Waals surface area contributed by atoms with E-state index in [0.29, 0.717) is 29.8 Å². The summed E-state index contributed by atoms with van der Waals surface area (Å²) < 4.78 is 6.77. The summed E-state index contributed by atoms with van der Waals surface area (Å²) in [4.78, 5) is 27.4. The first-order chi connectivity index (χ1) is 14.1. The summed E-state index contributed by atoms with van der Waals surface area (Å²) in [5, 5.41) is 7.70. The lowest BCUT2D eigenvalue weighted by Gasteiger charge is -2.35. The maximum Gasteiger partial charge on any atom is 0.341 e. The van der Waals surface area contributed by atoms with Crippen molar-refractivity contribution in [1.82, 2.24) is 20.0 Å². The van der Waals surface area contributed by atoms with Crippen LogP contribution >= 0.6 is 0 Å². The summed E-state index contributed by atoms with van der Waals surface area (Å²) in [6.07, 6.45) is 5.78. The number of aromatic nitrogens is 2. The van der Waals surface area contributed by atoms with Gasteiger partial charge in [0.2, 0.25) is 0 Å². The van der Waals surface area contributed by atoms with Crippen LogP contribution in [0.2, 0.25) is 0 Å². The average Bonchev–Trinajstić information content (AvgIpc) is 3.50. The molecular formula is C22H28N4O3. The number of amides is 1. The molecule has 29 heavy (non-hydrogen) atoms. The number of rotatable bonds is 6. The Kier molecular flexibility index (Phi) is 5.67. The minimum absolute atomic E-state index is 0.121. The number of hydrogen-bond acceptors (Lipinski definition) is 5. The SMILES string of the molecule is CCOC(=O)c1cnn(-c2ccc(C(=O)N(C3CCNCC3)C3CC3)cc2)c1C. The molecular weight excluding hydrogens is 368 g/mol. The van der Waals surface area contributed by atoms with Gasteiger partial charge in [-0.05, 0) is 76.9 Å². The normalized spacial score (nSPS) is 17.2. The van der Waals surface area contributed by atoms with Crippen LogP contribution in [-0.4, -0.2) is 58.3 Å². The lowest BCUT2D eigenvalue weighted by Crippen LogP contribution is -2.47. The van der Waals surface area contributed by atoms with E-state index in [9.17, 15) is 9.59 Å². The van der Waals surface area contributed by atoms with Gasteiger partial charge in [-0.1, -0.05) is 0 Å². The Labute approximate surface area is 171 Å². The lowest BCUT2D eigenvalue weighted by atomic mass is 10.0. The van der Waals surface area contributed by atoms with Gasteiger partial charge in [-0.15, -0.1) is 0 Å². The van der Waals surface area contributed by atoms with Crippen LogP contribution in [0.5, 0.6) is 0 Å². The minimum Gasteiger partial charge on any atom is -0.462 e. The maximum atomic E-state index is 13.2. The van der Waals surface area contributed by atoms with E-state index in [1.807, 2.05) is 31.2 Å². The van der Waals surface area contributed by atoms with Gasteiger partial charge in [0.1, 0.15) is 5.56 Å². The first kappa shape index (κ1) is 19.6. The van der Waals surface area contributed by atoms with Gasteiger partial charge in [0, 0.05) is 17.6 Å². The molecule has 7 heteroatoms. The zero-order chi connectivity index (χ0) is 20.4. The van der Waals surface area contributed by atoms with Crippen LogP contribution in [0.15, 0.2) is 30.5 Å². The topological polar surface area (TPSA) is 76.5 Å². The molecule has 2 aromatic rings. The van der Waals surface area contributed by atoms with E-state index in [1.54, 1.807) is 11.6 Å². The fourth-order valence-electron chi connectivity index (χ4n) is 4.04. The summed E-state index contributed by atoms with van der Waals surface area (Å²) in [7, 11) is 0. The number of nitrogens with one attached hydrogen (secondary N) is 1. The van der Waals surface area contributed by atoms with E-state index in [2.05, 4.69) is 15.3 Å². The second kappa shape index (κ2) is 8.37. The van der Waals surface area contributed by atoms with Crippen LogP contribution in [0.25, 0.3) is 5.69 Å². The third-order valence-electron chi connectivity index (χ3n) is 5.74. The smallest absolute Gasteiger partial charge is 0.341 e. The maximum absolute atomic E-state index is 13.2. The van der Waals surface area contributed by atoms with Crippen molar-refractivity contribution in [3.63, 3.8) is 0 Å². The van der Waals surface area contributed by atoms with Crippen molar-refractivity contribution in [2.24, 2.45) is 0 Å². The Hall–Kier alpha value is -2.67. The largest absolute Gasteiger partial charge is 0.462 e. The number of carbonyl (C=O) groups is 2. The first-order valence-corrected chi connectivity index (χ1v) is 10.5. The van der Waals surface area contributed by atoms with E-state index >= 15 is 0 Å². The molecule has 1 saturated carbocycles. The molecule has 154 valence electrons. The molecule has 0 bridgehead atoms. The first-order valence-electron chi connectivity index (χ1n) is 10.5. The minimum atomic E-state index is -0.370. The van der Waals surface area contributed by atoms with E-state index in [0.717, 1.165) is 50.2 Å². The summed E-state index contributed by atoms with van der Waals surface area (Å²) in [6.45, 7) is 5.89. The van der Waals surface area contributed by atoms with Gasteiger partial charge in [-0.25, -0.2) is 9.48 Å². The fourth-order valence-corrected chi connectivity index (χ4v) is 4.04. The van der Waals surface area contributed by atoms with E-state index in [1.165, 1.54) is 6.20 Å². The predicted octanol–water partition coefficient (Wildman–Crippen LogP) is 2.71. The van der Waals surface area contributed by atoms with E-state index < -0.39 is 0 Å². The Morgan fingerprint density at radius 2 is 1.79 bits per heavy atom. The number of hydrogen-bond donors (Lipinski definition) is 1. The lowest BCUT2D eigenvalue weighted by molar-refractivity contribution is 0.0524. The molecule has 1 aliphatic carbocycles. The van der Waals surface area contributed by atoms with Crippen molar-refractivity contribution in [2.75, 3.05) is 19.7 Å². The highest BCUT2D eigenvalue weighted by Crippen LogP contribution is 2.32. The van der Waals surface area contributed by atoms with Crippen molar-refractivity contribution in [3.8, 4) is 5.69 Å². The van der Waals surface area contributed by atoms with Crippen molar-refractivity contribution < 1.29 is 14.3 Å². The molecule has 1 aliphatic heterocycles. The number of piperidine rings is 1. The van der Waals surface area contributed by atoms with E-state index in [-0.39, 0.29) is 11.9 Å². The Morgan fingerprint density at radius 3 is 2.41 bits per heavy atom. The number of carbonyl (C=O) groups excluding carboxylic acids is 2. The number of ether oxygens (including phenoxy) is 1. The molecule has 1 saturated heterocycles. The molecule has 1 aromatic carbocycles. The third-order valence-corrected chi connectivity index (χ3v) is 5.74. The summed E-state index contributed by atoms with van der Waals surface area (Å²) in [6, 6.07) is 8.21. The Bertz CT molecular complexity index is 880. The van der Waals surface area contributed by atoms with Crippen LogP contribution in [0, 0.1) is 6.92 Å². The van der Waals surface area contributed by atoms with Gasteiger partial charge in [0.25, 0.3) is 5.91 Å². The molecule has 1 amide bonds. The van der Waals surface area contributed by atoms with Crippen LogP contribution in [0.1, 0.15) is 59.0 Å². The van der Waals surface area contributed by atoms with E-state index in [4.69, 9.17) is 4.74 Å². The van der Waals surface area contributed by atoms with Crippen LogP contribution in [0.3, 0.4) is 0 Å². The highest BCUT2D eigenvalue weighted by atomic mass is 16.5. The van der Waals surface area contributed by atoms with Crippen molar-refractivity contribution in [2.45, 2.75) is 51.6 Å². The highest BCUT2D eigenvalue weighted by Gasteiger charge is 2.38. The van der Waals surface area contributed by atoms with Gasteiger partial charge in [0.05, 0.1) is 24.2 Å². The van der Waals surface area contributed by atoms with Gasteiger partial charge in [-0.3, -0.25) is 4.79 Å². The second-order valence-corrected chi connectivity index (χ2v) is 7.75. The van der Waals surface area contributed by atoms with Crippen molar-refractivity contribution >= 4 is 11.9 Å². The van der Waals surface area contributed by atoms with Crippen LogP contribution < -0.4 is 5.32 Å². The number of esters is 1. The molecule has 1 N–H and O–H groups in total. The van der Waals surface area contributed by atoms with Crippen LogP contribution in [-0.2, 0) is 4.74 Å². The van der Waals surface area contributed by atoms with Gasteiger partial charge in [-0.2, -0.15) is 5.10 Å². The molecule has 7 nitrogen and oxygen atoms in total. The molecule has 0 unspecified atom stereocenters. The molecule has 0 radical (unpaired) electrons. The standard InChI is InChI=1S/C22H28N4O3/c1-3-29-22(28)20-14-24-26(15(20)2)19-6-4-16(5-7-19)21(27)25(17-8-9-17)18-10-12-23-13-11-18/h4-7,14,17-18,23H,3,8-13H2,1-2H3. The molecule has 4 rings (SSSR count). The summed E-state index contributed by atoms with van der Waals surface area (Å²) in [5.74, 6) is -0.250. The van der Waals surface area contributed by atoms with Gasteiger partial charge < -0.3 is 15.0 Å². The number of nitrogens with zero attached hydrogens (tertiary/aromatic N) is 3. The quantitative estimate of drug-likeness (QED) is 0.760. The monoisotopic (exact) mass is 396 g/mol. The van der Waals surface area contributed by atoms with Gasteiger partial charge in [0.15, 0.2) is 0 Å². The second-order valence-electron chi connectivity index (χ2n) is 7.75. The van der Waals surface area contributed by atoms with Crippen molar-refractivity contribution in [1.29, 1.82) is 0 Å². The fraction of sp³-hybridized carbons (Fsp3) is 0.500.